The summed E-state index contributed by atoms with van der Waals surface area (Å²) in [5, 5.41) is 0. The molecule has 0 heterocycles. The van der Waals surface area contributed by atoms with E-state index < -0.39 is 0 Å². The molecular formula is C6H10Si. The molecule has 0 aliphatic carbocycles. The van der Waals surface area contributed by atoms with E-state index in [1.54, 1.807) is 0 Å². The fourth-order valence-electron chi connectivity index (χ4n) is 0.276. The maximum atomic E-state index is 3.05. The summed E-state index contributed by atoms with van der Waals surface area (Å²) in [4.78, 5) is 0. The van der Waals surface area contributed by atoms with Crippen LogP contribution in [0.2, 0.25) is 6.55 Å². The van der Waals surface area contributed by atoms with E-state index in [2.05, 4.69) is 24.9 Å². The van der Waals surface area contributed by atoms with E-state index in [1.165, 1.54) is 6.42 Å². The number of rotatable bonds is 1. The normalized spacial score (nSPS) is 7.14. The van der Waals surface area contributed by atoms with Crippen molar-refractivity contribution in [2.75, 3.05) is 0 Å². The van der Waals surface area contributed by atoms with Gasteiger partial charge in [0, 0.05) is 6.42 Å². The average Bonchev–Trinajstić information content (AvgIpc) is 1.69. The predicted octanol–water partition coefficient (Wildman–Crippen LogP) is 1.50. The molecule has 0 bridgehead atoms. The third kappa shape index (κ3) is 5.78. The van der Waals surface area contributed by atoms with Gasteiger partial charge in [0.05, 0.1) is 0 Å². The van der Waals surface area contributed by atoms with Crippen LogP contribution < -0.4 is 0 Å². The Morgan fingerprint density at radius 2 is 2.29 bits per heavy atom. The second kappa shape index (κ2) is 5.78. The molecule has 1 heteroatoms. The molecule has 0 aromatic heterocycles. The van der Waals surface area contributed by atoms with E-state index in [0.717, 1.165) is 15.9 Å². The summed E-state index contributed by atoms with van der Waals surface area (Å²) in [7, 11) is 0.807. The zero-order valence-electron chi connectivity index (χ0n) is 4.91. The van der Waals surface area contributed by atoms with Gasteiger partial charge in [-0.25, -0.2) is 0 Å². The fraction of sp³-hybridized carbons (Fsp3) is 0.667. The molecule has 7 heavy (non-hydrogen) atoms. The van der Waals surface area contributed by atoms with Crippen molar-refractivity contribution in [2.45, 2.75) is 26.3 Å². The van der Waals surface area contributed by atoms with Gasteiger partial charge in [0.1, 0.15) is 9.52 Å². The molecule has 2 radical (unpaired) electrons. The van der Waals surface area contributed by atoms with Gasteiger partial charge in [0.2, 0.25) is 0 Å². The Kier molecular flexibility index (Phi) is 5.59. The van der Waals surface area contributed by atoms with Gasteiger partial charge in [0.25, 0.3) is 0 Å². The molecule has 0 nitrogen and oxygen atoms in total. The van der Waals surface area contributed by atoms with Crippen LogP contribution in [0.5, 0.6) is 0 Å². The van der Waals surface area contributed by atoms with Crippen LogP contribution in [0.15, 0.2) is 0 Å². The molecule has 0 aliphatic rings. The van der Waals surface area contributed by atoms with Crippen LogP contribution in [0, 0.1) is 11.5 Å². The van der Waals surface area contributed by atoms with Crippen molar-refractivity contribution < 1.29 is 0 Å². The second-order valence-electron chi connectivity index (χ2n) is 1.30. The Balaban J connectivity index is 2.91. The molecular weight excluding hydrogens is 100 g/mol. The molecule has 0 aromatic carbocycles. The SMILES string of the molecule is CCCC#C[Si]C. The molecule has 0 fully saturated rings. The van der Waals surface area contributed by atoms with E-state index in [-0.39, 0.29) is 0 Å². The third-order valence-corrected chi connectivity index (χ3v) is 1.02. The van der Waals surface area contributed by atoms with Crippen LogP contribution in [0.4, 0.5) is 0 Å². The molecule has 0 amide bonds. The summed E-state index contributed by atoms with van der Waals surface area (Å²) in [5.74, 6) is 3.05. The summed E-state index contributed by atoms with van der Waals surface area (Å²) in [6.45, 7) is 4.25. The first-order chi connectivity index (χ1) is 3.41. The lowest BCUT2D eigenvalue weighted by atomic mass is 10.4. The fourth-order valence-corrected chi connectivity index (χ4v) is 0.578. The average molecular weight is 110 g/mol. The van der Waals surface area contributed by atoms with Crippen LogP contribution in [0.25, 0.3) is 0 Å². The summed E-state index contributed by atoms with van der Waals surface area (Å²) in [6.07, 6.45) is 2.26. The van der Waals surface area contributed by atoms with E-state index >= 15 is 0 Å². The Morgan fingerprint density at radius 1 is 1.57 bits per heavy atom. The van der Waals surface area contributed by atoms with Crippen molar-refractivity contribution in [3.8, 4) is 11.5 Å². The molecule has 38 valence electrons. The van der Waals surface area contributed by atoms with Gasteiger partial charge >= 0.3 is 0 Å². The van der Waals surface area contributed by atoms with E-state index in [9.17, 15) is 0 Å². The minimum Gasteiger partial charge on any atom is -0.136 e. The summed E-state index contributed by atoms with van der Waals surface area (Å²) < 4.78 is 0. The van der Waals surface area contributed by atoms with Crippen molar-refractivity contribution >= 4 is 9.52 Å². The topological polar surface area (TPSA) is 0 Å². The van der Waals surface area contributed by atoms with Gasteiger partial charge in [-0.3, -0.25) is 0 Å². The van der Waals surface area contributed by atoms with E-state index in [1.807, 2.05) is 0 Å². The largest absolute Gasteiger partial charge is 0.144 e. The van der Waals surface area contributed by atoms with Crippen molar-refractivity contribution in [1.29, 1.82) is 0 Å². The van der Waals surface area contributed by atoms with Crippen LogP contribution >= 0.6 is 0 Å². The quantitative estimate of drug-likeness (QED) is 0.354. The molecule has 0 aromatic rings. The Labute approximate surface area is 48.1 Å². The van der Waals surface area contributed by atoms with E-state index in [4.69, 9.17) is 0 Å². The Hall–Kier alpha value is -0.223. The number of unbranched alkanes of at least 4 members (excludes halogenated alkanes) is 1. The van der Waals surface area contributed by atoms with Gasteiger partial charge in [-0.15, -0.1) is 11.5 Å². The molecule has 0 aliphatic heterocycles. The molecule has 0 atom stereocenters. The molecule has 0 spiro atoms. The monoisotopic (exact) mass is 110 g/mol. The van der Waals surface area contributed by atoms with Crippen LogP contribution in [0.3, 0.4) is 0 Å². The second-order valence-corrected chi connectivity index (χ2v) is 2.05. The lowest BCUT2D eigenvalue weighted by Gasteiger charge is -1.73. The molecule has 0 N–H and O–H groups in total. The number of hydrogen-bond donors (Lipinski definition) is 0. The zero-order valence-corrected chi connectivity index (χ0v) is 5.91. The minimum absolute atomic E-state index is 0.807. The molecule has 0 saturated carbocycles. The molecule has 0 saturated heterocycles. The highest BCUT2D eigenvalue weighted by atomic mass is 28.2. The lowest BCUT2D eigenvalue weighted by Crippen LogP contribution is -1.70. The summed E-state index contributed by atoms with van der Waals surface area (Å²) in [5.41, 5.74) is 3.03. The van der Waals surface area contributed by atoms with Gasteiger partial charge in [0.15, 0.2) is 0 Å². The zero-order chi connectivity index (χ0) is 5.54. The van der Waals surface area contributed by atoms with Gasteiger partial charge < -0.3 is 0 Å². The molecule has 0 unspecified atom stereocenters. The molecule has 0 rings (SSSR count). The summed E-state index contributed by atoms with van der Waals surface area (Å²) in [6, 6.07) is 0. The number of hydrogen-bond acceptors (Lipinski definition) is 0. The van der Waals surface area contributed by atoms with Crippen LogP contribution in [-0.4, -0.2) is 9.52 Å². The highest BCUT2D eigenvalue weighted by molar-refractivity contribution is 6.44. The van der Waals surface area contributed by atoms with Crippen molar-refractivity contribution in [3.05, 3.63) is 0 Å². The van der Waals surface area contributed by atoms with E-state index in [0.29, 0.717) is 0 Å². The van der Waals surface area contributed by atoms with Gasteiger partial charge in [-0.1, -0.05) is 13.5 Å². The maximum Gasteiger partial charge on any atom is 0.144 e. The Morgan fingerprint density at radius 3 is 2.71 bits per heavy atom. The first-order valence-corrected chi connectivity index (χ1v) is 4.06. The summed E-state index contributed by atoms with van der Waals surface area (Å²) >= 11 is 0. The standard InChI is InChI=1S/C6H10Si/c1-3-4-5-6-7-2/h3-4H2,1-2H3. The maximum absolute atomic E-state index is 3.05. The van der Waals surface area contributed by atoms with Crippen LogP contribution in [-0.2, 0) is 0 Å². The van der Waals surface area contributed by atoms with Crippen molar-refractivity contribution in [1.82, 2.24) is 0 Å². The van der Waals surface area contributed by atoms with Crippen LogP contribution in [0.1, 0.15) is 19.8 Å². The lowest BCUT2D eigenvalue weighted by molar-refractivity contribution is 0.984. The van der Waals surface area contributed by atoms with Gasteiger partial charge in [-0.05, 0) is 6.42 Å². The first kappa shape index (κ1) is 6.78. The van der Waals surface area contributed by atoms with Gasteiger partial charge in [-0.2, -0.15) is 0 Å². The third-order valence-electron chi connectivity index (χ3n) is 0.588. The van der Waals surface area contributed by atoms with Crippen molar-refractivity contribution in [2.24, 2.45) is 0 Å². The highest BCUT2D eigenvalue weighted by Gasteiger charge is 1.66. The van der Waals surface area contributed by atoms with Crippen molar-refractivity contribution in [3.63, 3.8) is 0 Å². The Bertz CT molecular complexity index is 75.9. The smallest absolute Gasteiger partial charge is 0.136 e. The predicted molar refractivity (Wildman–Crippen MR) is 34.3 cm³/mol. The highest BCUT2D eigenvalue weighted by Crippen LogP contribution is 1.79. The first-order valence-electron chi connectivity index (χ1n) is 2.56. The minimum atomic E-state index is 0.807.